The molecule has 0 aromatic carbocycles. The summed E-state index contributed by atoms with van der Waals surface area (Å²) in [7, 11) is -3.44. The van der Waals surface area contributed by atoms with Crippen LogP contribution in [0.1, 0.15) is 45.7 Å². The molecule has 0 atom stereocenters. The summed E-state index contributed by atoms with van der Waals surface area (Å²) in [4.78, 5) is 0.305. The molecule has 1 N–H and O–H groups in total. The molecule has 1 aromatic rings. The van der Waals surface area contributed by atoms with Gasteiger partial charge in [-0.3, -0.25) is 0 Å². The lowest BCUT2D eigenvalue weighted by Crippen LogP contribution is -2.40. The molecule has 5 nitrogen and oxygen atoms in total. The number of aromatic nitrogens is 1. The standard InChI is InChI=1S/C15H26N2O3S/c1-4-7-16-11-14(10-13(16)12-18)21(19,20)17-8-5-15(2,3)6-9-17/h10-11,18H,4-9,12H2,1-3H3. The number of piperidine rings is 1. The molecule has 6 heteroatoms. The number of hydrogen-bond acceptors (Lipinski definition) is 3. The first kappa shape index (κ1) is 16.5. The topological polar surface area (TPSA) is 62.5 Å². The van der Waals surface area contributed by atoms with Crippen molar-refractivity contribution in [1.82, 2.24) is 8.87 Å². The van der Waals surface area contributed by atoms with E-state index in [1.54, 1.807) is 16.6 Å². The van der Waals surface area contributed by atoms with E-state index in [1.165, 1.54) is 0 Å². The molecule has 2 heterocycles. The van der Waals surface area contributed by atoms with Gasteiger partial charge in [-0.1, -0.05) is 20.8 Å². The summed E-state index contributed by atoms with van der Waals surface area (Å²) in [5.41, 5.74) is 0.879. The van der Waals surface area contributed by atoms with Crippen LogP contribution in [0, 0.1) is 5.41 Å². The van der Waals surface area contributed by atoms with E-state index in [0.29, 0.717) is 23.7 Å². The molecule has 1 aromatic heterocycles. The number of sulfonamides is 1. The van der Waals surface area contributed by atoms with Crippen LogP contribution in [0.5, 0.6) is 0 Å². The number of aryl methyl sites for hydroxylation is 1. The zero-order chi connectivity index (χ0) is 15.7. The highest BCUT2D eigenvalue weighted by atomic mass is 32.2. The fraction of sp³-hybridized carbons (Fsp3) is 0.733. The van der Waals surface area contributed by atoms with Crippen LogP contribution in [-0.2, 0) is 23.2 Å². The summed E-state index contributed by atoms with van der Waals surface area (Å²) < 4.78 is 28.8. The highest BCUT2D eigenvalue weighted by Gasteiger charge is 2.33. The number of aliphatic hydroxyl groups excluding tert-OH is 1. The number of rotatable bonds is 5. The smallest absolute Gasteiger partial charge is 0.244 e. The van der Waals surface area contributed by atoms with Gasteiger partial charge in [0.15, 0.2) is 0 Å². The minimum atomic E-state index is -3.44. The Morgan fingerprint density at radius 2 is 1.90 bits per heavy atom. The molecule has 0 bridgehead atoms. The highest BCUT2D eigenvalue weighted by molar-refractivity contribution is 7.89. The first-order valence-electron chi connectivity index (χ1n) is 7.60. The minimum Gasteiger partial charge on any atom is -0.390 e. The Morgan fingerprint density at radius 1 is 1.29 bits per heavy atom. The summed E-state index contributed by atoms with van der Waals surface area (Å²) >= 11 is 0. The third kappa shape index (κ3) is 3.49. The first-order valence-corrected chi connectivity index (χ1v) is 9.04. The van der Waals surface area contributed by atoms with Crippen LogP contribution in [0.25, 0.3) is 0 Å². The molecule has 0 spiro atoms. The van der Waals surface area contributed by atoms with Gasteiger partial charge in [0.1, 0.15) is 4.90 Å². The second kappa shape index (κ2) is 6.10. The van der Waals surface area contributed by atoms with Crippen molar-refractivity contribution in [2.24, 2.45) is 5.41 Å². The van der Waals surface area contributed by atoms with Crippen LogP contribution in [0.3, 0.4) is 0 Å². The van der Waals surface area contributed by atoms with E-state index >= 15 is 0 Å². The maximum Gasteiger partial charge on any atom is 0.244 e. The fourth-order valence-electron chi connectivity index (χ4n) is 2.73. The van der Waals surface area contributed by atoms with Crippen LogP contribution in [0.2, 0.25) is 0 Å². The van der Waals surface area contributed by atoms with Gasteiger partial charge in [-0.25, -0.2) is 8.42 Å². The van der Waals surface area contributed by atoms with Crippen molar-refractivity contribution in [3.63, 3.8) is 0 Å². The third-order valence-corrected chi connectivity index (χ3v) is 6.17. The normalized spacial score (nSPS) is 19.8. The molecule has 120 valence electrons. The molecule has 0 saturated carbocycles. The summed E-state index contributed by atoms with van der Waals surface area (Å²) in [6.45, 7) is 8.12. The molecule has 0 amide bonds. The van der Waals surface area contributed by atoms with Gasteiger partial charge in [0.05, 0.1) is 6.61 Å². The molecule has 0 unspecified atom stereocenters. The third-order valence-electron chi connectivity index (χ3n) is 4.30. The Labute approximate surface area is 127 Å². The molecule has 2 rings (SSSR count). The summed E-state index contributed by atoms with van der Waals surface area (Å²) in [6, 6.07) is 1.60. The highest BCUT2D eigenvalue weighted by Crippen LogP contribution is 2.32. The molecule has 1 fully saturated rings. The predicted octanol–water partition coefficient (Wildman–Crippen LogP) is 2.20. The van der Waals surface area contributed by atoms with Gasteiger partial charge < -0.3 is 9.67 Å². The number of nitrogens with zero attached hydrogens (tertiary/aromatic N) is 2. The van der Waals surface area contributed by atoms with Gasteiger partial charge >= 0.3 is 0 Å². The van der Waals surface area contributed by atoms with E-state index in [2.05, 4.69) is 13.8 Å². The zero-order valence-electron chi connectivity index (χ0n) is 13.2. The Morgan fingerprint density at radius 3 is 2.43 bits per heavy atom. The van der Waals surface area contributed by atoms with Crippen molar-refractivity contribution < 1.29 is 13.5 Å². The number of hydrogen-bond donors (Lipinski definition) is 1. The zero-order valence-corrected chi connectivity index (χ0v) is 14.0. The van der Waals surface area contributed by atoms with E-state index < -0.39 is 10.0 Å². The molecule has 1 aliphatic rings. The quantitative estimate of drug-likeness (QED) is 0.906. The van der Waals surface area contributed by atoms with Gasteiger partial charge in [0, 0.05) is 31.5 Å². The maximum absolute atomic E-state index is 12.7. The predicted molar refractivity (Wildman–Crippen MR) is 82.4 cm³/mol. The van der Waals surface area contributed by atoms with Crippen LogP contribution in [0.15, 0.2) is 17.2 Å². The molecule has 0 aliphatic carbocycles. The Hall–Kier alpha value is -0.850. The summed E-state index contributed by atoms with van der Waals surface area (Å²) in [5, 5.41) is 9.37. The van der Waals surface area contributed by atoms with E-state index in [9.17, 15) is 13.5 Å². The van der Waals surface area contributed by atoms with E-state index in [0.717, 1.165) is 25.8 Å². The van der Waals surface area contributed by atoms with Crippen LogP contribution < -0.4 is 0 Å². The lowest BCUT2D eigenvalue weighted by molar-refractivity contribution is 0.196. The van der Waals surface area contributed by atoms with Crippen molar-refractivity contribution in [1.29, 1.82) is 0 Å². The fourth-order valence-corrected chi connectivity index (χ4v) is 4.24. The van der Waals surface area contributed by atoms with Gasteiger partial charge in [0.25, 0.3) is 0 Å². The lowest BCUT2D eigenvalue weighted by Gasteiger charge is -2.35. The summed E-state index contributed by atoms with van der Waals surface area (Å²) in [6.07, 6.45) is 4.33. The molecule has 1 aliphatic heterocycles. The van der Waals surface area contributed by atoms with Gasteiger partial charge in [-0.15, -0.1) is 0 Å². The first-order chi connectivity index (χ1) is 9.80. The summed E-state index contributed by atoms with van der Waals surface area (Å²) in [5.74, 6) is 0. The van der Waals surface area contributed by atoms with Crippen molar-refractivity contribution in [2.75, 3.05) is 13.1 Å². The van der Waals surface area contributed by atoms with E-state index in [4.69, 9.17) is 0 Å². The monoisotopic (exact) mass is 314 g/mol. The average molecular weight is 314 g/mol. The molecule has 0 radical (unpaired) electrons. The van der Waals surface area contributed by atoms with E-state index in [1.807, 2.05) is 11.5 Å². The maximum atomic E-state index is 12.7. The Kier molecular flexibility index (Phi) is 4.80. The van der Waals surface area contributed by atoms with Gasteiger partial charge in [0.2, 0.25) is 10.0 Å². The Bertz CT molecular complexity index is 580. The molecular formula is C15H26N2O3S. The lowest BCUT2D eigenvalue weighted by atomic mass is 9.83. The van der Waals surface area contributed by atoms with Crippen molar-refractivity contribution in [3.8, 4) is 0 Å². The van der Waals surface area contributed by atoms with Crippen molar-refractivity contribution in [3.05, 3.63) is 18.0 Å². The van der Waals surface area contributed by atoms with Crippen LogP contribution >= 0.6 is 0 Å². The molecule has 1 saturated heterocycles. The van der Waals surface area contributed by atoms with Crippen LogP contribution in [-0.4, -0.2) is 35.5 Å². The van der Waals surface area contributed by atoms with Crippen LogP contribution in [0.4, 0.5) is 0 Å². The second-order valence-electron chi connectivity index (χ2n) is 6.59. The van der Waals surface area contributed by atoms with Crippen molar-refractivity contribution >= 4 is 10.0 Å². The Balaban J connectivity index is 2.24. The number of aliphatic hydroxyl groups is 1. The SMILES string of the molecule is CCCn1cc(S(=O)(=O)N2CCC(C)(C)CC2)cc1CO. The van der Waals surface area contributed by atoms with Gasteiger partial charge in [-0.2, -0.15) is 4.31 Å². The minimum absolute atomic E-state index is 0.136. The largest absolute Gasteiger partial charge is 0.390 e. The molecular weight excluding hydrogens is 288 g/mol. The van der Waals surface area contributed by atoms with Crippen molar-refractivity contribution in [2.45, 2.75) is 58.1 Å². The molecule has 21 heavy (non-hydrogen) atoms. The van der Waals surface area contributed by atoms with E-state index in [-0.39, 0.29) is 12.0 Å². The van der Waals surface area contributed by atoms with Gasteiger partial charge in [-0.05, 0) is 30.7 Å². The average Bonchev–Trinajstić information content (AvgIpc) is 2.82. The second-order valence-corrected chi connectivity index (χ2v) is 8.52.